The van der Waals surface area contributed by atoms with Crippen LogP contribution in [0.15, 0.2) is 24.3 Å². The summed E-state index contributed by atoms with van der Waals surface area (Å²) in [6, 6.07) is 8.68. The largest absolute Gasteiger partial charge is 0.384 e. The summed E-state index contributed by atoms with van der Waals surface area (Å²) in [5.74, 6) is 0.712. The molecule has 0 spiro atoms. The van der Waals surface area contributed by atoms with Crippen molar-refractivity contribution in [3.8, 4) is 0 Å². The molecule has 0 amide bonds. The monoisotopic (exact) mass is 260 g/mol. The van der Waals surface area contributed by atoms with E-state index in [1.165, 1.54) is 24.2 Å². The minimum absolute atomic E-state index is 0.0122. The van der Waals surface area contributed by atoms with E-state index in [-0.39, 0.29) is 5.60 Å². The highest BCUT2D eigenvalue weighted by molar-refractivity contribution is 5.53. The molecule has 3 rings (SSSR count). The number of morpholine rings is 1. The van der Waals surface area contributed by atoms with Crippen LogP contribution in [0.25, 0.3) is 0 Å². The lowest BCUT2D eigenvalue weighted by molar-refractivity contribution is -0.0886. The van der Waals surface area contributed by atoms with E-state index in [4.69, 9.17) is 4.74 Å². The van der Waals surface area contributed by atoms with Crippen molar-refractivity contribution in [1.29, 1.82) is 0 Å². The standard InChI is InChI=1S/C16H24N2O/c1-16(2)12-18(7-8-19-16)11-13-9-14-5-3-4-6-15(14)17-10-13/h3-6,13,17H,7-12H2,1-2H3. The molecule has 1 atom stereocenters. The molecule has 2 heterocycles. The average molecular weight is 260 g/mol. The van der Waals surface area contributed by atoms with Gasteiger partial charge in [-0.3, -0.25) is 4.90 Å². The molecule has 1 aromatic rings. The summed E-state index contributed by atoms with van der Waals surface area (Å²) < 4.78 is 5.78. The van der Waals surface area contributed by atoms with Gasteiger partial charge in [-0.05, 0) is 37.8 Å². The molecule has 2 aliphatic rings. The second-order valence-electron chi connectivity index (χ2n) is 6.45. The lowest BCUT2D eigenvalue weighted by atomic mass is 9.93. The number of para-hydroxylation sites is 1. The topological polar surface area (TPSA) is 24.5 Å². The molecular formula is C16H24N2O. The highest BCUT2D eigenvalue weighted by atomic mass is 16.5. The van der Waals surface area contributed by atoms with E-state index >= 15 is 0 Å². The Bertz CT molecular complexity index is 444. The fourth-order valence-electron chi connectivity index (χ4n) is 3.27. The van der Waals surface area contributed by atoms with E-state index in [0.29, 0.717) is 5.92 Å². The third-order valence-corrected chi connectivity index (χ3v) is 4.13. The third kappa shape index (κ3) is 3.10. The molecule has 0 aliphatic carbocycles. The smallest absolute Gasteiger partial charge is 0.0753 e. The number of benzene rings is 1. The van der Waals surface area contributed by atoms with Gasteiger partial charge in [0, 0.05) is 31.9 Å². The third-order valence-electron chi connectivity index (χ3n) is 4.13. The lowest BCUT2D eigenvalue weighted by Crippen LogP contribution is -2.50. The predicted octanol–water partition coefficient (Wildman–Crippen LogP) is 2.38. The average Bonchev–Trinajstić information content (AvgIpc) is 2.37. The van der Waals surface area contributed by atoms with Gasteiger partial charge in [-0.15, -0.1) is 0 Å². The van der Waals surface area contributed by atoms with Crippen molar-refractivity contribution in [3.05, 3.63) is 29.8 Å². The van der Waals surface area contributed by atoms with Crippen LogP contribution in [0.1, 0.15) is 19.4 Å². The first kappa shape index (κ1) is 12.9. The van der Waals surface area contributed by atoms with Crippen LogP contribution in [0.2, 0.25) is 0 Å². The summed E-state index contributed by atoms with van der Waals surface area (Å²) in [4.78, 5) is 2.56. The van der Waals surface area contributed by atoms with Gasteiger partial charge in [0.1, 0.15) is 0 Å². The molecule has 104 valence electrons. The van der Waals surface area contributed by atoms with Crippen LogP contribution in [0.3, 0.4) is 0 Å². The first-order valence-corrected chi connectivity index (χ1v) is 7.30. The Balaban J connectivity index is 1.60. The van der Waals surface area contributed by atoms with Crippen LogP contribution < -0.4 is 5.32 Å². The SMILES string of the molecule is CC1(C)CN(CC2CNc3ccccc3C2)CCO1. The number of ether oxygens (including phenoxy) is 1. The first-order valence-electron chi connectivity index (χ1n) is 7.30. The molecule has 19 heavy (non-hydrogen) atoms. The molecule has 1 unspecified atom stereocenters. The van der Waals surface area contributed by atoms with E-state index in [1.54, 1.807) is 0 Å². The predicted molar refractivity (Wildman–Crippen MR) is 78.6 cm³/mol. The molecule has 1 aromatic carbocycles. The van der Waals surface area contributed by atoms with Crippen LogP contribution >= 0.6 is 0 Å². The zero-order chi connectivity index (χ0) is 13.3. The molecule has 3 heteroatoms. The van der Waals surface area contributed by atoms with Gasteiger partial charge in [0.05, 0.1) is 12.2 Å². The number of nitrogens with zero attached hydrogens (tertiary/aromatic N) is 1. The van der Waals surface area contributed by atoms with Crippen LogP contribution in [0, 0.1) is 5.92 Å². The number of rotatable bonds is 2. The fraction of sp³-hybridized carbons (Fsp3) is 0.625. The molecule has 2 aliphatic heterocycles. The van der Waals surface area contributed by atoms with Crippen molar-refractivity contribution < 1.29 is 4.74 Å². The highest BCUT2D eigenvalue weighted by Crippen LogP contribution is 2.26. The second kappa shape index (κ2) is 5.14. The van der Waals surface area contributed by atoms with E-state index in [9.17, 15) is 0 Å². The summed E-state index contributed by atoms with van der Waals surface area (Å²) in [7, 11) is 0. The number of hydrogen-bond donors (Lipinski definition) is 1. The van der Waals surface area contributed by atoms with Crippen molar-refractivity contribution in [3.63, 3.8) is 0 Å². The molecule has 0 aromatic heterocycles. The molecule has 1 saturated heterocycles. The Morgan fingerprint density at radius 2 is 2.21 bits per heavy atom. The molecule has 0 radical (unpaired) electrons. The summed E-state index contributed by atoms with van der Waals surface area (Å²) in [6.07, 6.45) is 1.20. The van der Waals surface area contributed by atoms with Crippen molar-refractivity contribution in [2.45, 2.75) is 25.9 Å². The quantitative estimate of drug-likeness (QED) is 0.883. The van der Waals surface area contributed by atoms with Gasteiger partial charge in [0.2, 0.25) is 0 Å². The lowest BCUT2D eigenvalue weighted by Gasteiger charge is -2.40. The molecule has 1 N–H and O–H groups in total. The van der Waals surface area contributed by atoms with Crippen molar-refractivity contribution in [2.24, 2.45) is 5.92 Å². The second-order valence-corrected chi connectivity index (χ2v) is 6.45. The van der Waals surface area contributed by atoms with Crippen LogP contribution in [-0.2, 0) is 11.2 Å². The van der Waals surface area contributed by atoms with E-state index < -0.39 is 0 Å². The van der Waals surface area contributed by atoms with Crippen LogP contribution in [0.4, 0.5) is 5.69 Å². The maximum Gasteiger partial charge on any atom is 0.0753 e. The van der Waals surface area contributed by atoms with Crippen molar-refractivity contribution in [2.75, 3.05) is 38.1 Å². The molecule has 1 fully saturated rings. The van der Waals surface area contributed by atoms with Crippen molar-refractivity contribution in [1.82, 2.24) is 4.90 Å². The Hall–Kier alpha value is -1.06. The minimum atomic E-state index is 0.0122. The van der Waals surface area contributed by atoms with Crippen LogP contribution in [-0.4, -0.2) is 43.3 Å². The molecule has 3 nitrogen and oxygen atoms in total. The summed E-state index contributed by atoms with van der Waals surface area (Å²) in [5, 5.41) is 3.57. The van der Waals surface area contributed by atoms with Gasteiger partial charge in [-0.1, -0.05) is 18.2 Å². The van der Waals surface area contributed by atoms with E-state index in [0.717, 1.165) is 26.2 Å². The van der Waals surface area contributed by atoms with Gasteiger partial charge in [-0.2, -0.15) is 0 Å². The zero-order valence-electron chi connectivity index (χ0n) is 12.0. The first-order chi connectivity index (χ1) is 9.12. The van der Waals surface area contributed by atoms with Gasteiger partial charge in [0.25, 0.3) is 0 Å². The minimum Gasteiger partial charge on any atom is -0.384 e. The molecule has 0 saturated carbocycles. The number of fused-ring (bicyclic) bond motifs is 1. The normalized spacial score (nSPS) is 26.5. The van der Waals surface area contributed by atoms with Gasteiger partial charge >= 0.3 is 0 Å². The number of anilines is 1. The Morgan fingerprint density at radius 3 is 3.05 bits per heavy atom. The van der Waals surface area contributed by atoms with Gasteiger partial charge < -0.3 is 10.1 Å². The Kier molecular flexibility index (Phi) is 3.50. The molecular weight excluding hydrogens is 236 g/mol. The van der Waals surface area contributed by atoms with Gasteiger partial charge in [-0.25, -0.2) is 0 Å². The Morgan fingerprint density at radius 1 is 1.37 bits per heavy atom. The number of nitrogens with one attached hydrogen (secondary N) is 1. The summed E-state index contributed by atoms with van der Waals surface area (Å²) in [6.45, 7) is 9.63. The zero-order valence-corrected chi connectivity index (χ0v) is 12.0. The Labute approximate surface area is 115 Å². The summed E-state index contributed by atoms with van der Waals surface area (Å²) >= 11 is 0. The number of hydrogen-bond acceptors (Lipinski definition) is 3. The maximum absolute atomic E-state index is 5.78. The summed E-state index contributed by atoms with van der Waals surface area (Å²) in [5.41, 5.74) is 2.80. The fourth-order valence-corrected chi connectivity index (χ4v) is 3.27. The van der Waals surface area contributed by atoms with E-state index in [1.807, 2.05) is 0 Å². The molecule has 0 bridgehead atoms. The highest BCUT2D eigenvalue weighted by Gasteiger charge is 2.29. The maximum atomic E-state index is 5.78. The van der Waals surface area contributed by atoms with Crippen molar-refractivity contribution >= 4 is 5.69 Å². The van der Waals surface area contributed by atoms with Gasteiger partial charge in [0.15, 0.2) is 0 Å². The van der Waals surface area contributed by atoms with Crippen LogP contribution in [0.5, 0.6) is 0 Å². The van der Waals surface area contributed by atoms with E-state index in [2.05, 4.69) is 48.3 Å².